The van der Waals surface area contributed by atoms with Crippen molar-refractivity contribution in [3.63, 3.8) is 0 Å². The van der Waals surface area contributed by atoms with E-state index in [9.17, 15) is 18.0 Å². The van der Waals surface area contributed by atoms with E-state index < -0.39 is 17.8 Å². The summed E-state index contributed by atoms with van der Waals surface area (Å²) < 4.78 is 41.4. The second-order valence-electron chi connectivity index (χ2n) is 6.18. The SMILES string of the molecule is C/C(=C1/C(=O)N(c2nc3ccccc3s2)N=C1C(F)(F)F)N1CCCC1.O. The summed E-state index contributed by atoms with van der Waals surface area (Å²) in [6.45, 7) is 2.85. The van der Waals surface area contributed by atoms with Crippen LogP contribution in [-0.2, 0) is 4.79 Å². The molecule has 1 saturated heterocycles. The zero-order valence-corrected chi connectivity index (χ0v) is 15.2. The Morgan fingerprint density at radius 2 is 1.85 bits per heavy atom. The molecular formula is C17H17F3N4O2S. The first kappa shape index (κ1) is 19.3. The van der Waals surface area contributed by atoms with Crippen molar-refractivity contribution in [3.8, 4) is 0 Å². The Bertz CT molecular complexity index is 912. The molecule has 0 aliphatic carbocycles. The van der Waals surface area contributed by atoms with Gasteiger partial charge in [0.1, 0.15) is 0 Å². The third kappa shape index (κ3) is 3.30. The summed E-state index contributed by atoms with van der Waals surface area (Å²) in [5.41, 5.74) is -0.574. The van der Waals surface area contributed by atoms with E-state index in [1.165, 1.54) is 0 Å². The molecule has 1 amide bonds. The minimum atomic E-state index is -4.71. The Hall–Kier alpha value is -2.46. The Morgan fingerprint density at radius 1 is 1.19 bits per heavy atom. The van der Waals surface area contributed by atoms with Gasteiger partial charge in [-0.2, -0.15) is 23.3 Å². The number of alkyl halides is 3. The van der Waals surface area contributed by atoms with Crippen LogP contribution in [0.5, 0.6) is 0 Å². The highest BCUT2D eigenvalue weighted by atomic mass is 32.1. The second-order valence-corrected chi connectivity index (χ2v) is 7.19. The number of anilines is 1. The van der Waals surface area contributed by atoms with E-state index in [0.29, 0.717) is 24.3 Å². The molecule has 1 fully saturated rings. The highest BCUT2D eigenvalue weighted by Crippen LogP contribution is 2.37. The van der Waals surface area contributed by atoms with Gasteiger partial charge < -0.3 is 10.4 Å². The zero-order chi connectivity index (χ0) is 18.5. The molecule has 2 aromatic rings. The van der Waals surface area contributed by atoms with Crippen molar-refractivity contribution in [1.82, 2.24) is 9.88 Å². The third-order valence-corrected chi connectivity index (χ3v) is 5.53. The lowest BCUT2D eigenvalue weighted by Gasteiger charge is -2.21. The van der Waals surface area contributed by atoms with Crippen molar-refractivity contribution >= 4 is 38.3 Å². The summed E-state index contributed by atoms with van der Waals surface area (Å²) in [4.78, 5) is 18.9. The Kier molecular flexibility index (Phi) is 4.96. The molecule has 3 heterocycles. The largest absolute Gasteiger partial charge is 0.436 e. The number of allylic oxidation sites excluding steroid dienone is 1. The maximum absolute atomic E-state index is 13.5. The molecule has 2 aliphatic heterocycles. The summed E-state index contributed by atoms with van der Waals surface area (Å²) >= 11 is 1.14. The number of amides is 1. The highest BCUT2D eigenvalue weighted by molar-refractivity contribution is 7.22. The minimum absolute atomic E-state index is 0. The van der Waals surface area contributed by atoms with Crippen molar-refractivity contribution in [3.05, 3.63) is 35.5 Å². The molecule has 10 heteroatoms. The summed E-state index contributed by atoms with van der Waals surface area (Å²) in [6, 6.07) is 7.14. The van der Waals surface area contributed by atoms with Gasteiger partial charge in [-0.3, -0.25) is 4.79 Å². The monoisotopic (exact) mass is 398 g/mol. The van der Waals surface area contributed by atoms with Crippen LogP contribution in [0.4, 0.5) is 18.3 Å². The number of rotatable bonds is 2. The summed E-state index contributed by atoms with van der Waals surface area (Å²) in [7, 11) is 0. The summed E-state index contributed by atoms with van der Waals surface area (Å²) in [5, 5.41) is 4.54. The molecule has 0 unspecified atom stereocenters. The van der Waals surface area contributed by atoms with Crippen LogP contribution in [0, 0.1) is 0 Å². The van der Waals surface area contributed by atoms with Crippen molar-refractivity contribution in [2.75, 3.05) is 18.1 Å². The van der Waals surface area contributed by atoms with Crippen LogP contribution in [0.3, 0.4) is 0 Å². The molecule has 0 radical (unpaired) electrons. The van der Waals surface area contributed by atoms with Crippen LogP contribution in [0.2, 0.25) is 0 Å². The molecule has 6 nitrogen and oxygen atoms in total. The van der Waals surface area contributed by atoms with E-state index in [4.69, 9.17) is 0 Å². The van der Waals surface area contributed by atoms with E-state index in [0.717, 1.165) is 33.9 Å². The number of fused-ring (bicyclic) bond motifs is 1. The van der Waals surface area contributed by atoms with Gasteiger partial charge in [-0.25, -0.2) is 4.98 Å². The number of benzene rings is 1. The van der Waals surface area contributed by atoms with Gasteiger partial charge >= 0.3 is 6.18 Å². The predicted octanol–water partition coefficient (Wildman–Crippen LogP) is 3.11. The van der Waals surface area contributed by atoms with Gasteiger partial charge in [0, 0.05) is 18.8 Å². The van der Waals surface area contributed by atoms with Gasteiger partial charge in [-0.1, -0.05) is 23.5 Å². The molecule has 2 aliphatic rings. The molecule has 0 spiro atoms. The van der Waals surface area contributed by atoms with E-state index in [1.807, 2.05) is 11.0 Å². The topological polar surface area (TPSA) is 80.3 Å². The molecule has 0 bridgehead atoms. The quantitative estimate of drug-likeness (QED) is 0.729. The van der Waals surface area contributed by atoms with Gasteiger partial charge in [0.2, 0.25) is 5.13 Å². The molecule has 4 rings (SSSR count). The predicted molar refractivity (Wildman–Crippen MR) is 97.7 cm³/mol. The van der Waals surface area contributed by atoms with Crippen molar-refractivity contribution in [2.45, 2.75) is 25.9 Å². The Balaban J connectivity index is 0.00000210. The smallest absolute Gasteiger partial charge is 0.412 e. The lowest BCUT2D eigenvalue weighted by Crippen LogP contribution is -2.30. The second kappa shape index (κ2) is 6.93. The molecule has 1 aromatic carbocycles. The van der Waals surface area contributed by atoms with Crippen LogP contribution in [-0.4, -0.2) is 46.2 Å². The molecule has 1 aromatic heterocycles. The van der Waals surface area contributed by atoms with Crippen LogP contribution < -0.4 is 5.01 Å². The Morgan fingerprint density at radius 3 is 2.48 bits per heavy atom. The van der Waals surface area contributed by atoms with Gasteiger partial charge in [-0.05, 0) is 31.9 Å². The maximum Gasteiger partial charge on any atom is 0.436 e. The number of halogens is 3. The number of nitrogens with zero attached hydrogens (tertiary/aromatic N) is 4. The average molecular weight is 398 g/mol. The van der Waals surface area contributed by atoms with Crippen molar-refractivity contribution in [2.24, 2.45) is 5.10 Å². The normalized spacial score (nSPS) is 19.6. The lowest BCUT2D eigenvalue weighted by atomic mass is 10.1. The van der Waals surface area contributed by atoms with Gasteiger partial charge in [-0.15, -0.1) is 0 Å². The van der Waals surface area contributed by atoms with Crippen LogP contribution in [0.15, 0.2) is 40.6 Å². The van der Waals surface area contributed by atoms with Crippen LogP contribution in [0.25, 0.3) is 10.2 Å². The fourth-order valence-electron chi connectivity index (χ4n) is 3.22. The molecule has 2 N–H and O–H groups in total. The van der Waals surface area contributed by atoms with Gasteiger partial charge in [0.15, 0.2) is 5.71 Å². The van der Waals surface area contributed by atoms with Crippen molar-refractivity contribution < 1.29 is 23.4 Å². The van der Waals surface area contributed by atoms with Crippen molar-refractivity contribution in [1.29, 1.82) is 0 Å². The first-order valence-corrected chi connectivity index (χ1v) is 9.00. The number of carbonyl (C=O) groups excluding carboxylic acids is 1. The molecule has 0 atom stereocenters. The lowest BCUT2D eigenvalue weighted by molar-refractivity contribution is -0.114. The number of likely N-dealkylation sites (tertiary alicyclic amines) is 1. The van der Waals surface area contributed by atoms with E-state index in [2.05, 4.69) is 10.1 Å². The number of carbonyl (C=O) groups is 1. The maximum atomic E-state index is 13.5. The number of thiazole rings is 1. The van der Waals surface area contributed by atoms with E-state index >= 15 is 0 Å². The number of hydrazone groups is 1. The standard InChI is InChI=1S/C17H15F3N4OS.H2O/c1-10(23-8-4-5-9-23)13-14(17(18,19)20)22-24(15(13)25)16-21-11-6-2-3-7-12(11)26-16;/h2-3,6-7H,4-5,8-9H2,1H3;1H2/b13-10-;. The van der Waals surface area contributed by atoms with E-state index in [1.54, 1.807) is 25.1 Å². The Labute approximate surface area is 156 Å². The van der Waals surface area contributed by atoms with Gasteiger partial charge in [0.05, 0.1) is 15.8 Å². The average Bonchev–Trinajstić information content (AvgIpc) is 3.31. The molecule has 27 heavy (non-hydrogen) atoms. The number of hydrogen-bond acceptors (Lipinski definition) is 5. The summed E-state index contributed by atoms with van der Waals surface area (Å²) in [6.07, 6.45) is -2.91. The molecule has 144 valence electrons. The fourth-order valence-corrected chi connectivity index (χ4v) is 4.13. The first-order valence-electron chi connectivity index (χ1n) is 8.18. The number of para-hydroxylation sites is 1. The summed E-state index contributed by atoms with van der Waals surface area (Å²) in [5.74, 6) is -0.777. The highest BCUT2D eigenvalue weighted by Gasteiger charge is 2.49. The zero-order valence-electron chi connectivity index (χ0n) is 14.4. The number of aromatic nitrogens is 1. The third-order valence-electron chi connectivity index (χ3n) is 4.52. The number of hydrogen-bond donors (Lipinski definition) is 0. The van der Waals surface area contributed by atoms with E-state index in [-0.39, 0.29) is 16.2 Å². The fraction of sp³-hybridized carbons (Fsp3) is 0.353. The van der Waals surface area contributed by atoms with Gasteiger partial charge in [0.25, 0.3) is 5.91 Å². The minimum Gasteiger partial charge on any atom is -0.412 e. The first-order chi connectivity index (χ1) is 12.4. The molecular weight excluding hydrogens is 381 g/mol. The van der Waals surface area contributed by atoms with Crippen LogP contribution >= 0.6 is 11.3 Å². The van der Waals surface area contributed by atoms with Crippen LogP contribution in [0.1, 0.15) is 19.8 Å². The molecule has 0 saturated carbocycles.